The number of pyridine rings is 1. The van der Waals surface area contributed by atoms with E-state index < -0.39 is 41.0 Å². The molecule has 0 aliphatic rings. The van der Waals surface area contributed by atoms with Crippen molar-refractivity contribution in [2.45, 2.75) is 18.1 Å². The molecule has 3 aromatic carbocycles. The highest BCUT2D eigenvalue weighted by Crippen LogP contribution is 2.46. The third-order valence-electron chi connectivity index (χ3n) is 6.37. The second-order valence-corrected chi connectivity index (χ2v) is 9.85. The first kappa shape index (κ1) is 31.8. The number of nitrogens with two attached hydrogens (primary N) is 2. The number of hydrazone groups is 1. The highest BCUT2D eigenvalue weighted by molar-refractivity contribution is 6.30. The van der Waals surface area contributed by atoms with Gasteiger partial charge in [0.15, 0.2) is 5.60 Å². The summed E-state index contributed by atoms with van der Waals surface area (Å²) in [5, 5.41) is 23.7. The van der Waals surface area contributed by atoms with Gasteiger partial charge in [0.2, 0.25) is 0 Å². The standard InChI is InChI=1S/C31H23ClF4N6O2/c32-24-8-11-26(28(34)14-24)30(43,18-42(39)19-41-38)31(35,36)29-12-6-21(16-40-29)2-1-20-4-9-25(10-5-20)44-17-22-3-7-23(15-37)27(33)13-22/h3-14,16,19,43H,17-18,38-39H2/b41-19-. The van der Waals surface area contributed by atoms with Crippen LogP contribution in [0.4, 0.5) is 17.6 Å². The molecule has 1 aromatic heterocycles. The number of aromatic nitrogens is 1. The third kappa shape index (κ3) is 7.07. The summed E-state index contributed by atoms with van der Waals surface area (Å²) in [5.74, 6) is 10.9. The molecule has 0 aliphatic heterocycles. The molecule has 0 saturated heterocycles. The summed E-state index contributed by atoms with van der Waals surface area (Å²) >= 11 is 5.77. The lowest BCUT2D eigenvalue weighted by atomic mass is 9.84. The van der Waals surface area contributed by atoms with Crippen LogP contribution in [0.1, 0.15) is 33.5 Å². The van der Waals surface area contributed by atoms with Gasteiger partial charge in [0.1, 0.15) is 42.1 Å². The molecule has 13 heteroatoms. The third-order valence-corrected chi connectivity index (χ3v) is 6.61. The van der Waals surface area contributed by atoms with E-state index >= 15 is 8.78 Å². The van der Waals surface area contributed by atoms with Gasteiger partial charge < -0.3 is 15.7 Å². The Balaban J connectivity index is 1.50. The first-order valence-electron chi connectivity index (χ1n) is 12.7. The molecule has 4 aromatic rings. The first-order valence-corrected chi connectivity index (χ1v) is 13.0. The van der Waals surface area contributed by atoms with Crippen molar-refractivity contribution in [1.82, 2.24) is 9.99 Å². The van der Waals surface area contributed by atoms with Gasteiger partial charge in [0, 0.05) is 27.9 Å². The van der Waals surface area contributed by atoms with Gasteiger partial charge in [0.05, 0.1) is 12.1 Å². The van der Waals surface area contributed by atoms with E-state index in [1.165, 1.54) is 18.2 Å². The van der Waals surface area contributed by atoms with Crippen molar-refractivity contribution in [2.75, 3.05) is 6.54 Å². The van der Waals surface area contributed by atoms with Crippen LogP contribution in [0, 0.1) is 34.8 Å². The second kappa shape index (κ2) is 13.4. The summed E-state index contributed by atoms with van der Waals surface area (Å²) in [7, 11) is 0. The number of hydrogen-bond acceptors (Lipinski definition) is 7. The van der Waals surface area contributed by atoms with Crippen molar-refractivity contribution in [1.29, 1.82) is 5.26 Å². The fourth-order valence-corrected chi connectivity index (χ4v) is 4.28. The van der Waals surface area contributed by atoms with Crippen LogP contribution >= 0.6 is 11.6 Å². The summed E-state index contributed by atoms with van der Waals surface area (Å²) in [6.45, 7) is -0.924. The average Bonchev–Trinajstić information content (AvgIpc) is 2.99. The van der Waals surface area contributed by atoms with Crippen molar-refractivity contribution in [3.63, 3.8) is 0 Å². The normalized spacial score (nSPS) is 12.6. The van der Waals surface area contributed by atoms with Crippen molar-refractivity contribution in [3.05, 3.63) is 129 Å². The van der Waals surface area contributed by atoms with E-state index in [9.17, 15) is 13.9 Å². The van der Waals surface area contributed by atoms with Gasteiger partial charge in [-0.2, -0.15) is 19.1 Å². The predicted octanol–water partition coefficient (Wildman–Crippen LogP) is 4.92. The van der Waals surface area contributed by atoms with Gasteiger partial charge in [0.25, 0.3) is 0 Å². The molecule has 0 amide bonds. The zero-order valence-electron chi connectivity index (χ0n) is 22.7. The lowest BCUT2D eigenvalue weighted by molar-refractivity contribution is -0.203. The predicted molar refractivity (Wildman–Crippen MR) is 155 cm³/mol. The van der Waals surface area contributed by atoms with Gasteiger partial charge in [-0.15, -0.1) is 0 Å². The van der Waals surface area contributed by atoms with Crippen molar-refractivity contribution in [2.24, 2.45) is 16.8 Å². The fourth-order valence-electron chi connectivity index (χ4n) is 4.12. The number of ether oxygens (including phenoxy) is 1. The van der Waals surface area contributed by atoms with Crippen LogP contribution in [-0.4, -0.2) is 28.0 Å². The van der Waals surface area contributed by atoms with E-state index in [1.54, 1.807) is 36.4 Å². The Kier molecular flexibility index (Phi) is 9.71. The summed E-state index contributed by atoms with van der Waals surface area (Å²) < 4.78 is 65.9. The topological polar surface area (TPSA) is 134 Å². The van der Waals surface area contributed by atoms with Crippen molar-refractivity contribution >= 4 is 17.9 Å². The van der Waals surface area contributed by atoms with Crippen LogP contribution in [0.25, 0.3) is 0 Å². The van der Waals surface area contributed by atoms with Crippen LogP contribution < -0.4 is 16.4 Å². The molecule has 0 saturated carbocycles. The molecule has 0 fully saturated rings. The number of aliphatic hydroxyl groups is 1. The molecule has 0 bridgehead atoms. The number of benzene rings is 3. The number of rotatable bonds is 9. The number of hydrogen-bond donors (Lipinski definition) is 3. The maximum absolute atomic E-state index is 15.9. The Bertz CT molecular complexity index is 1770. The quantitative estimate of drug-likeness (QED) is 0.0602. The lowest BCUT2D eigenvalue weighted by Gasteiger charge is -2.37. The molecule has 1 atom stereocenters. The zero-order valence-corrected chi connectivity index (χ0v) is 23.4. The van der Waals surface area contributed by atoms with Gasteiger partial charge in [-0.3, -0.25) is 9.99 Å². The molecule has 0 spiro atoms. The second-order valence-electron chi connectivity index (χ2n) is 9.42. The SMILES string of the molecule is N#Cc1ccc(COc2ccc(C#Cc3ccc(C(F)(F)C(O)(CN(N)/C=N\N)c4ccc(Cl)cc4F)nc3)cc2)cc1F. The lowest BCUT2D eigenvalue weighted by Crippen LogP contribution is -2.53. The minimum Gasteiger partial charge on any atom is -0.489 e. The van der Waals surface area contributed by atoms with Crippen LogP contribution in [0.5, 0.6) is 5.75 Å². The molecule has 8 nitrogen and oxygen atoms in total. The number of nitrogens with zero attached hydrogens (tertiary/aromatic N) is 4. The maximum atomic E-state index is 15.9. The van der Waals surface area contributed by atoms with Gasteiger partial charge in [-0.05, 0) is 66.2 Å². The smallest absolute Gasteiger partial charge is 0.323 e. The van der Waals surface area contributed by atoms with E-state index in [2.05, 4.69) is 21.9 Å². The molecule has 224 valence electrons. The summed E-state index contributed by atoms with van der Waals surface area (Å²) in [6.07, 6.45) is 1.88. The van der Waals surface area contributed by atoms with E-state index in [-0.39, 0.29) is 22.8 Å². The van der Waals surface area contributed by atoms with E-state index in [1.807, 2.05) is 0 Å². The molecule has 44 heavy (non-hydrogen) atoms. The molecule has 0 aliphatic carbocycles. The number of nitriles is 1. The number of alkyl halides is 2. The maximum Gasteiger partial charge on any atom is 0.323 e. The highest BCUT2D eigenvalue weighted by atomic mass is 35.5. The van der Waals surface area contributed by atoms with Crippen LogP contribution in [0.2, 0.25) is 5.02 Å². The Hall–Kier alpha value is -5.14. The minimum atomic E-state index is -4.16. The van der Waals surface area contributed by atoms with Crippen LogP contribution in [-0.2, 0) is 18.1 Å². The molecule has 5 N–H and O–H groups in total. The Morgan fingerprint density at radius 3 is 2.32 bits per heavy atom. The molecular weight excluding hydrogens is 600 g/mol. The summed E-state index contributed by atoms with van der Waals surface area (Å²) in [5.41, 5.74) is -3.50. The average molecular weight is 623 g/mol. The number of hydrazine groups is 1. The first-order chi connectivity index (χ1) is 21.0. The largest absolute Gasteiger partial charge is 0.489 e. The summed E-state index contributed by atoms with van der Waals surface area (Å²) in [4.78, 5) is 3.80. The molecule has 1 unspecified atom stereocenters. The van der Waals surface area contributed by atoms with Crippen molar-refractivity contribution in [3.8, 4) is 23.7 Å². The highest BCUT2D eigenvalue weighted by Gasteiger charge is 2.58. The van der Waals surface area contributed by atoms with Gasteiger partial charge >= 0.3 is 5.92 Å². The Morgan fingerprint density at radius 2 is 1.70 bits per heavy atom. The van der Waals surface area contributed by atoms with E-state index in [4.69, 9.17) is 33.3 Å². The Morgan fingerprint density at radius 1 is 1.00 bits per heavy atom. The molecular formula is C31H23ClF4N6O2. The molecule has 1 heterocycles. The van der Waals surface area contributed by atoms with Crippen LogP contribution in [0.3, 0.4) is 0 Å². The monoisotopic (exact) mass is 622 g/mol. The number of halogens is 5. The van der Waals surface area contributed by atoms with Gasteiger partial charge in [-0.25, -0.2) is 14.6 Å². The Labute approximate surface area is 254 Å². The fraction of sp³-hybridized carbons (Fsp3) is 0.129. The minimum absolute atomic E-state index is 0.0539. The molecule has 0 radical (unpaired) electrons. The van der Waals surface area contributed by atoms with E-state index in [0.29, 0.717) is 21.9 Å². The van der Waals surface area contributed by atoms with Crippen LogP contribution in [0.15, 0.2) is 84.1 Å². The zero-order chi connectivity index (χ0) is 31.9. The molecule has 4 rings (SSSR count). The van der Waals surface area contributed by atoms with Gasteiger partial charge in [-0.1, -0.05) is 35.6 Å². The van der Waals surface area contributed by atoms with Crippen molar-refractivity contribution < 1.29 is 27.4 Å². The van der Waals surface area contributed by atoms with E-state index in [0.717, 1.165) is 36.8 Å². The summed E-state index contributed by atoms with van der Waals surface area (Å²) in [6, 6.07) is 17.7.